The maximum Gasteiger partial charge on any atom is 0.230 e. The van der Waals surface area contributed by atoms with Gasteiger partial charge in [-0.15, -0.1) is 0 Å². The number of benzene rings is 2. The second-order valence-electron chi connectivity index (χ2n) is 6.56. The van der Waals surface area contributed by atoms with Crippen LogP contribution in [0.25, 0.3) is 0 Å². The van der Waals surface area contributed by atoms with Crippen LogP contribution in [0, 0.1) is 0 Å². The van der Waals surface area contributed by atoms with Crippen LogP contribution >= 0.6 is 15.9 Å². The average Bonchev–Trinajstić information content (AvgIpc) is 2.69. The molecule has 2 aromatic rings. The maximum absolute atomic E-state index is 13.1. The highest BCUT2D eigenvalue weighted by Gasteiger charge is 2.41. The van der Waals surface area contributed by atoms with E-state index in [-0.39, 0.29) is 5.91 Å². The summed E-state index contributed by atoms with van der Waals surface area (Å²) in [6, 6.07) is 16.0. The fourth-order valence-electron chi connectivity index (χ4n) is 3.42. The zero-order chi connectivity index (χ0) is 18.4. The normalized spacial score (nSPS) is 16.1. The van der Waals surface area contributed by atoms with Gasteiger partial charge in [-0.3, -0.25) is 4.79 Å². The van der Waals surface area contributed by atoms with Crippen LogP contribution in [0.2, 0.25) is 0 Å². The van der Waals surface area contributed by atoms with Gasteiger partial charge in [0.05, 0.1) is 12.5 Å². The number of hydrogen-bond donors (Lipinski definition) is 1. The van der Waals surface area contributed by atoms with Crippen molar-refractivity contribution in [3.05, 3.63) is 64.1 Å². The van der Waals surface area contributed by atoms with Gasteiger partial charge in [0.15, 0.2) is 0 Å². The molecule has 3 rings (SSSR count). The molecule has 2 aromatic carbocycles. The quantitative estimate of drug-likeness (QED) is 0.775. The lowest BCUT2D eigenvalue weighted by atomic mass is 9.73. The number of nitrogens with one attached hydrogen (secondary N) is 1. The number of halogens is 1. The molecule has 1 N–H and O–H groups in total. The molecule has 1 amide bonds. The van der Waals surface area contributed by atoms with Crippen molar-refractivity contribution in [2.24, 2.45) is 0 Å². The van der Waals surface area contributed by atoms with Gasteiger partial charge in [-0.1, -0.05) is 40.2 Å². The molecule has 5 heteroatoms. The van der Waals surface area contributed by atoms with E-state index in [0.29, 0.717) is 32.6 Å². The number of carbonyl (C=O) groups is 1. The van der Waals surface area contributed by atoms with Crippen LogP contribution in [-0.4, -0.2) is 32.8 Å². The van der Waals surface area contributed by atoms with Crippen molar-refractivity contribution in [2.45, 2.75) is 24.7 Å². The van der Waals surface area contributed by atoms with Crippen molar-refractivity contribution in [3.8, 4) is 5.75 Å². The molecule has 0 saturated carbocycles. The minimum atomic E-state index is -0.501. The Balaban J connectivity index is 1.66. The molecule has 0 radical (unpaired) electrons. The molecule has 0 unspecified atom stereocenters. The van der Waals surface area contributed by atoms with Gasteiger partial charge in [0, 0.05) is 24.2 Å². The van der Waals surface area contributed by atoms with E-state index in [4.69, 9.17) is 9.47 Å². The van der Waals surface area contributed by atoms with E-state index < -0.39 is 5.41 Å². The predicted octanol–water partition coefficient (Wildman–Crippen LogP) is 3.86. The molecule has 0 atom stereocenters. The highest BCUT2D eigenvalue weighted by molar-refractivity contribution is 9.10. The Morgan fingerprint density at radius 2 is 1.77 bits per heavy atom. The van der Waals surface area contributed by atoms with Crippen LogP contribution in [0.3, 0.4) is 0 Å². The number of amides is 1. The maximum atomic E-state index is 13.1. The number of ether oxygens (including phenoxy) is 2. The Morgan fingerprint density at radius 3 is 2.38 bits per heavy atom. The van der Waals surface area contributed by atoms with Crippen molar-refractivity contribution >= 4 is 21.8 Å². The van der Waals surface area contributed by atoms with Gasteiger partial charge in [-0.2, -0.15) is 0 Å². The molecule has 1 aliphatic heterocycles. The molecule has 0 spiro atoms. The highest BCUT2D eigenvalue weighted by Crippen LogP contribution is 2.35. The lowest BCUT2D eigenvalue weighted by Crippen LogP contribution is -2.48. The van der Waals surface area contributed by atoms with Crippen LogP contribution in [-0.2, 0) is 21.4 Å². The molecule has 26 heavy (non-hydrogen) atoms. The van der Waals surface area contributed by atoms with E-state index in [0.717, 1.165) is 22.2 Å². The minimum Gasteiger partial charge on any atom is -0.497 e. The molecule has 0 aromatic heterocycles. The third-order valence-electron chi connectivity index (χ3n) is 5.04. The van der Waals surface area contributed by atoms with Gasteiger partial charge in [0.1, 0.15) is 5.75 Å². The molecule has 1 saturated heterocycles. The topological polar surface area (TPSA) is 47.6 Å². The third-order valence-corrected chi connectivity index (χ3v) is 5.56. The summed E-state index contributed by atoms with van der Waals surface area (Å²) in [6.07, 6.45) is 2.22. The molecule has 0 aliphatic carbocycles. The summed E-state index contributed by atoms with van der Waals surface area (Å²) in [4.78, 5) is 13.1. The first-order chi connectivity index (χ1) is 12.6. The first kappa shape index (κ1) is 18.9. The summed E-state index contributed by atoms with van der Waals surface area (Å²) >= 11 is 3.47. The van der Waals surface area contributed by atoms with Gasteiger partial charge in [-0.05, 0) is 54.7 Å². The molecule has 1 aliphatic rings. The number of rotatable bonds is 6. The van der Waals surface area contributed by atoms with E-state index >= 15 is 0 Å². The summed E-state index contributed by atoms with van der Waals surface area (Å²) < 4.78 is 11.7. The van der Waals surface area contributed by atoms with E-state index in [1.807, 2.05) is 48.5 Å². The first-order valence-corrected chi connectivity index (χ1v) is 9.68. The van der Waals surface area contributed by atoms with Crippen molar-refractivity contribution in [1.82, 2.24) is 5.32 Å². The molecular weight excluding hydrogens is 394 g/mol. The van der Waals surface area contributed by atoms with Crippen LogP contribution in [0.1, 0.15) is 24.0 Å². The summed E-state index contributed by atoms with van der Waals surface area (Å²) in [5.74, 6) is 0.936. The third kappa shape index (κ3) is 4.27. The predicted molar refractivity (Wildman–Crippen MR) is 106 cm³/mol. The number of methoxy groups -OCH3 is 1. The minimum absolute atomic E-state index is 0.0941. The lowest BCUT2D eigenvalue weighted by Gasteiger charge is -2.36. The van der Waals surface area contributed by atoms with Crippen LogP contribution in [0.5, 0.6) is 5.75 Å². The van der Waals surface area contributed by atoms with E-state index in [1.165, 1.54) is 5.56 Å². The first-order valence-electron chi connectivity index (χ1n) is 8.89. The highest BCUT2D eigenvalue weighted by atomic mass is 79.9. The Hall–Kier alpha value is -1.85. The second kappa shape index (κ2) is 8.69. The Bertz CT molecular complexity index is 722. The molecule has 138 valence electrons. The van der Waals surface area contributed by atoms with Gasteiger partial charge >= 0.3 is 0 Å². The zero-order valence-corrected chi connectivity index (χ0v) is 16.6. The molecule has 1 fully saturated rings. The summed E-state index contributed by atoms with van der Waals surface area (Å²) in [5.41, 5.74) is 1.74. The standard InChI is InChI=1S/C21H24BrNO3/c1-25-19-8-2-16(3-9-19)10-13-23-20(24)21(11-14-26-15-12-21)17-4-6-18(22)7-5-17/h2-9H,10-15H2,1H3,(H,23,24). The van der Waals surface area contributed by atoms with Crippen LogP contribution in [0.4, 0.5) is 0 Å². The van der Waals surface area contributed by atoms with E-state index in [9.17, 15) is 4.79 Å². The van der Waals surface area contributed by atoms with Gasteiger partial charge in [0.2, 0.25) is 5.91 Å². The van der Waals surface area contributed by atoms with Crippen molar-refractivity contribution in [3.63, 3.8) is 0 Å². The zero-order valence-electron chi connectivity index (χ0n) is 15.0. The molecule has 0 bridgehead atoms. The Morgan fingerprint density at radius 1 is 1.12 bits per heavy atom. The lowest BCUT2D eigenvalue weighted by molar-refractivity contribution is -0.130. The van der Waals surface area contributed by atoms with Crippen molar-refractivity contribution in [1.29, 1.82) is 0 Å². The van der Waals surface area contributed by atoms with E-state index in [2.05, 4.69) is 21.2 Å². The SMILES string of the molecule is COc1ccc(CCNC(=O)C2(c3ccc(Br)cc3)CCOCC2)cc1. The van der Waals surface area contributed by atoms with Crippen LogP contribution in [0.15, 0.2) is 53.0 Å². The second-order valence-corrected chi connectivity index (χ2v) is 7.47. The van der Waals surface area contributed by atoms with Crippen molar-refractivity contribution in [2.75, 3.05) is 26.9 Å². The van der Waals surface area contributed by atoms with Crippen molar-refractivity contribution < 1.29 is 14.3 Å². The van der Waals surface area contributed by atoms with E-state index in [1.54, 1.807) is 7.11 Å². The Labute approximate surface area is 163 Å². The summed E-state index contributed by atoms with van der Waals surface area (Å²) in [5, 5.41) is 3.15. The molecular formula is C21H24BrNO3. The van der Waals surface area contributed by atoms with Gasteiger partial charge < -0.3 is 14.8 Å². The van der Waals surface area contributed by atoms with Gasteiger partial charge in [-0.25, -0.2) is 0 Å². The summed E-state index contributed by atoms with van der Waals surface area (Å²) in [7, 11) is 1.66. The average molecular weight is 418 g/mol. The molecule has 4 nitrogen and oxygen atoms in total. The fraction of sp³-hybridized carbons (Fsp3) is 0.381. The van der Waals surface area contributed by atoms with Crippen LogP contribution < -0.4 is 10.1 Å². The summed E-state index contributed by atoms with van der Waals surface area (Å²) in [6.45, 7) is 1.84. The molecule has 1 heterocycles. The Kier molecular flexibility index (Phi) is 6.33. The number of hydrogen-bond acceptors (Lipinski definition) is 3. The van der Waals surface area contributed by atoms with Gasteiger partial charge in [0.25, 0.3) is 0 Å². The fourth-order valence-corrected chi connectivity index (χ4v) is 3.68. The monoisotopic (exact) mass is 417 g/mol. The smallest absolute Gasteiger partial charge is 0.230 e. The largest absolute Gasteiger partial charge is 0.497 e. The number of carbonyl (C=O) groups excluding carboxylic acids is 1.